The summed E-state index contributed by atoms with van der Waals surface area (Å²) in [5.41, 5.74) is 16.8. The number of hydrogen-bond donors (Lipinski definition) is 0. The average Bonchev–Trinajstić information content (AvgIpc) is 3.39. The Kier molecular flexibility index (Phi) is 8.81. The number of hydrogen-bond acceptors (Lipinski definition) is 4. The van der Waals surface area contributed by atoms with E-state index >= 15 is 0 Å². The first-order valence-corrected chi connectivity index (χ1v) is 22.4. The minimum Gasteiger partial charge on any atom is -0.254 e. The molecule has 0 aliphatic carbocycles. The number of pyridine rings is 4. The van der Waals surface area contributed by atoms with Crippen LogP contribution in [0.1, 0.15) is 0 Å². The Labute approximate surface area is 381 Å². The second-order valence-corrected chi connectivity index (χ2v) is 17.0. The van der Waals surface area contributed by atoms with Gasteiger partial charge in [0.1, 0.15) is 0 Å². The van der Waals surface area contributed by atoms with Crippen molar-refractivity contribution < 1.29 is 0 Å². The smallest absolute Gasteiger partial charge is 0.0972 e. The predicted octanol–water partition coefficient (Wildman–Crippen LogP) is 16.2. The van der Waals surface area contributed by atoms with Crippen molar-refractivity contribution in [2.24, 2.45) is 0 Å². The van der Waals surface area contributed by atoms with Gasteiger partial charge in [0.2, 0.25) is 0 Å². The number of nitrogens with zero attached hydrogens (tertiary/aromatic N) is 4. The minimum atomic E-state index is 0.909. The van der Waals surface area contributed by atoms with Gasteiger partial charge in [-0.15, -0.1) is 0 Å². The van der Waals surface area contributed by atoms with Crippen LogP contribution in [-0.4, -0.2) is 19.9 Å². The second kappa shape index (κ2) is 15.4. The number of fused-ring (bicyclic) bond motifs is 7. The molecular formula is C62H38N4. The summed E-state index contributed by atoms with van der Waals surface area (Å²) in [7, 11) is 0. The summed E-state index contributed by atoms with van der Waals surface area (Å²) in [6, 6.07) is 79.8. The van der Waals surface area contributed by atoms with Crippen molar-refractivity contribution in [1.29, 1.82) is 0 Å². The molecule has 0 amide bonds. The molecular weight excluding hydrogens is 801 g/mol. The molecule has 4 heterocycles. The minimum absolute atomic E-state index is 0.909. The van der Waals surface area contributed by atoms with Crippen molar-refractivity contribution >= 4 is 65.2 Å². The quantitative estimate of drug-likeness (QED) is 0.124. The van der Waals surface area contributed by atoms with Crippen LogP contribution in [0.3, 0.4) is 0 Å². The molecule has 13 aromatic rings. The molecule has 0 unspecified atom stereocenters. The first kappa shape index (κ1) is 37.7. The fraction of sp³-hybridized carbons (Fsp3) is 0. The number of rotatable bonds is 6. The molecule has 0 saturated carbocycles. The van der Waals surface area contributed by atoms with Crippen molar-refractivity contribution in [2.75, 3.05) is 0 Å². The van der Waals surface area contributed by atoms with Crippen LogP contribution in [0.2, 0.25) is 0 Å². The van der Waals surface area contributed by atoms with Crippen LogP contribution in [0, 0.1) is 0 Å². The van der Waals surface area contributed by atoms with Crippen LogP contribution < -0.4 is 0 Å². The van der Waals surface area contributed by atoms with Gasteiger partial charge in [0.25, 0.3) is 0 Å². The van der Waals surface area contributed by atoms with E-state index in [2.05, 4.69) is 218 Å². The lowest BCUT2D eigenvalue weighted by atomic mass is 9.88. The number of aromatic nitrogens is 4. The largest absolute Gasteiger partial charge is 0.254 e. The Morgan fingerprint density at radius 3 is 1.24 bits per heavy atom. The summed E-state index contributed by atoms with van der Waals surface area (Å²) in [6.07, 6.45) is 1.84. The molecule has 0 spiro atoms. The Morgan fingerprint density at radius 2 is 0.682 bits per heavy atom. The normalized spacial score (nSPS) is 11.6. The van der Waals surface area contributed by atoms with Crippen LogP contribution in [0.25, 0.3) is 132 Å². The van der Waals surface area contributed by atoms with Crippen LogP contribution in [0.15, 0.2) is 231 Å². The molecule has 0 N–H and O–H groups in total. The lowest BCUT2D eigenvalue weighted by molar-refractivity contribution is 1.38. The highest BCUT2D eigenvalue weighted by Gasteiger charge is 2.19. The molecule has 0 aliphatic rings. The predicted molar refractivity (Wildman–Crippen MR) is 275 cm³/mol. The van der Waals surface area contributed by atoms with Gasteiger partial charge in [-0.2, -0.15) is 0 Å². The van der Waals surface area contributed by atoms with E-state index in [1.807, 2.05) is 12.3 Å². The van der Waals surface area contributed by atoms with Gasteiger partial charge in [-0.25, -0.2) is 15.0 Å². The van der Waals surface area contributed by atoms with E-state index in [-0.39, 0.29) is 0 Å². The first-order valence-electron chi connectivity index (χ1n) is 22.4. The van der Waals surface area contributed by atoms with Gasteiger partial charge in [0, 0.05) is 44.4 Å². The van der Waals surface area contributed by atoms with Crippen molar-refractivity contribution in [3.8, 4) is 67.2 Å². The Hall–Kier alpha value is -8.86. The van der Waals surface area contributed by atoms with E-state index in [4.69, 9.17) is 19.9 Å². The third-order valence-corrected chi connectivity index (χ3v) is 13.0. The zero-order valence-electron chi connectivity index (χ0n) is 35.7. The molecule has 306 valence electrons. The maximum Gasteiger partial charge on any atom is 0.0972 e. The monoisotopic (exact) mass is 838 g/mol. The van der Waals surface area contributed by atoms with Gasteiger partial charge >= 0.3 is 0 Å². The van der Waals surface area contributed by atoms with Gasteiger partial charge in [0.15, 0.2) is 0 Å². The van der Waals surface area contributed by atoms with Crippen LogP contribution in [0.4, 0.5) is 0 Å². The molecule has 4 aromatic heterocycles. The highest BCUT2D eigenvalue weighted by atomic mass is 14.8. The molecule has 0 fully saturated rings. The first-order chi connectivity index (χ1) is 32.7. The Bertz CT molecular complexity index is 3930. The molecule has 0 saturated heterocycles. The Morgan fingerprint density at radius 1 is 0.242 bits per heavy atom. The fourth-order valence-electron chi connectivity index (χ4n) is 9.82. The van der Waals surface area contributed by atoms with Crippen LogP contribution in [0.5, 0.6) is 0 Å². The van der Waals surface area contributed by atoms with E-state index in [0.717, 1.165) is 110 Å². The SMILES string of the molecule is c1ccc(-c2cc(-c3ccccc3)cc(-c3ccc4cc(-c5ccc6nc(-c7c8ccccc8c(-c8ccc9ccc%10cccnc%10c9n8)c8ccccc78)ccc6c5)ccc4n3)c2)cc1. The zero-order chi connectivity index (χ0) is 43.6. The molecule has 66 heavy (non-hydrogen) atoms. The summed E-state index contributed by atoms with van der Waals surface area (Å²) in [5.74, 6) is 0. The van der Waals surface area contributed by atoms with Crippen LogP contribution >= 0.6 is 0 Å². The van der Waals surface area contributed by atoms with E-state index in [9.17, 15) is 0 Å². The van der Waals surface area contributed by atoms with Crippen molar-refractivity contribution in [3.63, 3.8) is 0 Å². The highest BCUT2D eigenvalue weighted by Crippen LogP contribution is 2.44. The maximum atomic E-state index is 5.36. The molecule has 0 aliphatic heterocycles. The van der Waals surface area contributed by atoms with Gasteiger partial charge in [-0.3, -0.25) is 4.98 Å². The number of benzene rings is 9. The molecule has 4 heteroatoms. The molecule has 0 radical (unpaired) electrons. The third kappa shape index (κ3) is 6.46. The van der Waals surface area contributed by atoms with Crippen molar-refractivity contribution in [1.82, 2.24) is 19.9 Å². The van der Waals surface area contributed by atoms with Gasteiger partial charge in [0.05, 0.1) is 39.1 Å². The Balaban J connectivity index is 0.864. The molecule has 13 rings (SSSR count). The van der Waals surface area contributed by atoms with E-state index in [1.165, 1.54) is 22.3 Å². The summed E-state index contributed by atoms with van der Waals surface area (Å²) in [5, 5.41) is 8.89. The topological polar surface area (TPSA) is 51.6 Å². The lowest BCUT2D eigenvalue weighted by Gasteiger charge is -2.17. The van der Waals surface area contributed by atoms with Crippen molar-refractivity contribution in [3.05, 3.63) is 231 Å². The maximum absolute atomic E-state index is 5.36. The lowest BCUT2D eigenvalue weighted by Crippen LogP contribution is -1.95. The van der Waals surface area contributed by atoms with Gasteiger partial charge in [-0.05, 0) is 122 Å². The zero-order valence-corrected chi connectivity index (χ0v) is 35.7. The fourth-order valence-corrected chi connectivity index (χ4v) is 9.82. The second-order valence-electron chi connectivity index (χ2n) is 17.0. The molecule has 4 nitrogen and oxygen atoms in total. The van der Waals surface area contributed by atoms with Gasteiger partial charge < -0.3 is 0 Å². The molecule has 9 aromatic carbocycles. The van der Waals surface area contributed by atoms with E-state index in [1.54, 1.807) is 0 Å². The third-order valence-electron chi connectivity index (χ3n) is 13.0. The van der Waals surface area contributed by atoms with E-state index < -0.39 is 0 Å². The summed E-state index contributed by atoms with van der Waals surface area (Å²) in [4.78, 5) is 20.6. The summed E-state index contributed by atoms with van der Waals surface area (Å²) >= 11 is 0. The standard InChI is InChI=1S/C62H38N4/c1-3-12-39(13-4-1)47-36-48(40-14-5-2-6-15-40)38-49(37-47)56-30-26-45-34-43(24-28-54(45)64-56)44-25-29-55-46(35-44)27-32-57(65-55)59-50-17-7-9-19-52(50)60(53-20-10-8-18-51(53)59)58-31-23-42-22-21-41-16-11-33-63-61(41)62(42)66-58/h1-38H. The average molecular weight is 839 g/mol. The summed E-state index contributed by atoms with van der Waals surface area (Å²) in [6.45, 7) is 0. The van der Waals surface area contributed by atoms with Crippen molar-refractivity contribution in [2.45, 2.75) is 0 Å². The van der Waals surface area contributed by atoms with E-state index in [0.29, 0.717) is 0 Å². The molecule has 0 bridgehead atoms. The van der Waals surface area contributed by atoms with Gasteiger partial charge in [-0.1, -0.05) is 158 Å². The van der Waals surface area contributed by atoms with Crippen LogP contribution in [-0.2, 0) is 0 Å². The highest BCUT2D eigenvalue weighted by molar-refractivity contribution is 6.21. The molecule has 0 atom stereocenters. The summed E-state index contributed by atoms with van der Waals surface area (Å²) < 4.78 is 0.